The molecule has 0 aromatic heterocycles. The normalized spacial score (nSPS) is 20.7. The molecule has 0 spiro atoms. The summed E-state index contributed by atoms with van der Waals surface area (Å²) in [7, 11) is 1.42. The monoisotopic (exact) mass is 229 g/mol. The van der Waals surface area contributed by atoms with Gasteiger partial charge in [-0.05, 0) is 26.7 Å². The summed E-state index contributed by atoms with van der Waals surface area (Å²) in [5.41, 5.74) is -0.709. The lowest BCUT2D eigenvalue weighted by atomic mass is 10.0. The second kappa shape index (κ2) is 6.21. The van der Waals surface area contributed by atoms with Crippen molar-refractivity contribution in [2.75, 3.05) is 20.3 Å². The molecule has 1 aliphatic rings. The van der Waals surface area contributed by atoms with Crippen molar-refractivity contribution in [3.8, 4) is 0 Å². The van der Waals surface area contributed by atoms with E-state index in [1.807, 2.05) is 13.8 Å². The van der Waals surface area contributed by atoms with Crippen LogP contribution in [0.25, 0.3) is 0 Å². The Morgan fingerprint density at radius 1 is 1.44 bits per heavy atom. The fraction of sp³-hybridized carbons (Fsp3) is 0.917. The lowest BCUT2D eigenvalue weighted by Gasteiger charge is -2.30. The van der Waals surface area contributed by atoms with E-state index in [-0.39, 0.29) is 5.97 Å². The van der Waals surface area contributed by atoms with Crippen LogP contribution in [0.5, 0.6) is 0 Å². The van der Waals surface area contributed by atoms with Crippen LogP contribution in [0.15, 0.2) is 0 Å². The van der Waals surface area contributed by atoms with Gasteiger partial charge in [0.1, 0.15) is 5.54 Å². The number of ether oxygens (including phenoxy) is 2. The minimum Gasteiger partial charge on any atom is -0.468 e. The molecule has 0 radical (unpaired) electrons. The molecular formula is C12H23NO3. The highest BCUT2D eigenvalue weighted by atomic mass is 16.5. The van der Waals surface area contributed by atoms with Gasteiger partial charge in [-0.2, -0.15) is 0 Å². The Hall–Kier alpha value is -0.610. The van der Waals surface area contributed by atoms with E-state index in [1.165, 1.54) is 20.0 Å². The van der Waals surface area contributed by atoms with Crippen LogP contribution in [0.2, 0.25) is 0 Å². The summed E-state index contributed by atoms with van der Waals surface area (Å²) in [5.74, 6) is -0.243. The van der Waals surface area contributed by atoms with Gasteiger partial charge in [-0.25, -0.2) is 4.79 Å². The van der Waals surface area contributed by atoms with E-state index in [4.69, 9.17) is 9.47 Å². The van der Waals surface area contributed by atoms with E-state index in [1.54, 1.807) is 0 Å². The Bertz CT molecular complexity index is 226. The molecule has 1 fully saturated rings. The van der Waals surface area contributed by atoms with E-state index in [0.717, 1.165) is 12.8 Å². The van der Waals surface area contributed by atoms with Crippen LogP contribution < -0.4 is 5.32 Å². The maximum Gasteiger partial charge on any atom is 0.328 e. The number of hydrogen-bond donors (Lipinski definition) is 1. The molecule has 0 aromatic rings. The van der Waals surface area contributed by atoms with E-state index in [2.05, 4.69) is 5.32 Å². The fourth-order valence-corrected chi connectivity index (χ4v) is 2.21. The standard InChI is InChI=1S/C12H23NO3/c1-4-16-9-12(2,11(14)15-3)13-10-7-5-6-8-10/h10,13H,4-9H2,1-3H3. The summed E-state index contributed by atoms with van der Waals surface area (Å²) in [6.07, 6.45) is 4.75. The zero-order valence-corrected chi connectivity index (χ0v) is 10.5. The lowest BCUT2D eigenvalue weighted by molar-refractivity contribution is -0.151. The highest BCUT2D eigenvalue weighted by Crippen LogP contribution is 2.21. The molecular weight excluding hydrogens is 206 g/mol. The number of carbonyl (C=O) groups is 1. The largest absolute Gasteiger partial charge is 0.468 e. The number of carbonyl (C=O) groups excluding carboxylic acids is 1. The summed E-state index contributed by atoms with van der Waals surface area (Å²) in [5, 5.41) is 3.38. The van der Waals surface area contributed by atoms with Crippen molar-refractivity contribution in [3.05, 3.63) is 0 Å². The third kappa shape index (κ3) is 3.46. The van der Waals surface area contributed by atoms with Crippen molar-refractivity contribution in [2.24, 2.45) is 0 Å². The van der Waals surface area contributed by atoms with Crippen LogP contribution in [0.1, 0.15) is 39.5 Å². The molecule has 0 amide bonds. The number of hydrogen-bond acceptors (Lipinski definition) is 4. The van der Waals surface area contributed by atoms with Crippen molar-refractivity contribution in [1.82, 2.24) is 5.32 Å². The molecule has 1 N–H and O–H groups in total. The molecule has 1 saturated carbocycles. The van der Waals surface area contributed by atoms with Crippen molar-refractivity contribution >= 4 is 5.97 Å². The minimum absolute atomic E-state index is 0.243. The van der Waals surface area contributed by atoms with Crippen molar-refractivity contribution in [1.29, 1.82) is 0 Å². The molecule has 4 heteroatoms. The Labute approximate surface area is 97.7 Å². The molecule has 0 aromatic carbocycles. The Balaban J connectivity index is 2.57. The molecule has 0 aliphatic heterocycles. The maximum atomic E-state index is 11.8. The van der Waals surface area contributed by atoms with Crippen molar-refractivity contribution in [2.45, 2.75) is 51.1 Å². The van der Waals surface area contributed by atoms with Gasteiger partial charge in [0.05, 0.1) is 13.7 Å². The summed E-state index contributed by atoms with van der Waals surface area (Å²) < 4.78 is 10.2. The van der Waals surface area contributed by atoms with Gasteiger partial charge in [-0.15, -0.1) is 0 Å². The van der Waals surface area contributed by atoms with E-state index in [9.17, 15) is 4.79 Å². The second-order valence-electron chi connectivity index (χ2n) is 4.59. The van der Waals surface area contributed by atoms with Crippen molar-refractivity contribution < 1.29 is 14.3 Å². The third-order valence-electron chi connectivity index (χ3n) is 3.11. The molecule has 0 saturated heterocycles. The van der Waals surface area contributed by atoms with Crippen molar-refractivity contribution in [3.63, 3.8) is 0 Å². The molecule has 16 heavy (non-hydrogen) atoms. The predicted octanol–water partition coefficient (Wildman–Crippen LogP) is 1.49. The van der Waals surface area contributed by atoms with E-state index >= 15 is 0 Å². The molecule has 1 aliphatic carbocycles. The van der Waals surface area contributed by atoms with Crippen LogP contribution in [-0.4, -0.2) is 37.9 Å². The first kappa shape index (κ1) is 13.5. The van der Waals surface area contributed by atoms with Crippen LogP contribution >= 0.6 is 0 Å². The lowest BCUT2D eigenvalue weighted by Crippen LogP contribution is -2.56. The molecule has 94 valence electrons. The summed E-state index contributed by atoms with van der Waals surface area (Å²) in [6, 6.07) is 0.421. The number of esters is 1. The number of methoxy groups -OCH3 is 1. The first-order valence-corrected chi connectivity index (χ1v) is 6.06. The van der Waals surface area contributed by atoms with Gasteiger partial charge in [-0.3, -0.25) is 5.32 Å². The number of rotatable bonds is 6. The van der Waals surface area contributed by atoms with Crippen LogP contribution in [0.3, 0.4) is 0 Å². The summed E-state index contributed by atoms with van der Waals surface area (Å²) in [4.78, 5) is 11.8. The molecule has 1 atom stereocenters. The predicted molar refractivity (Wildman–Crippen MR) is 62.3 cm³/mol. The van der Waals surface area contributed by atoms with Gasteiger partial charge in [0.2, 0.25) is 0 Å². The topological polar surface area (TPSA) is 47.6 Å². The average Bonchev–Trinajstić information content (AvgIpc) is 2.77. The quantitative estimate of drug-likeness (QED) is 0.701. The highest BCUT2D eigenvalue weighted by molar-refractivity contribution is 5.80. The van der Waals surface area contributed by atoms with Gasteiger partial charge in [0, 0.05) is 12.6 Å². The fourth-order valence-electron chi connectivity index (χ4n) is 2.21. The molecule has 0 heterocycles. The van der Waals surface area contributed by atoms with E-state index in [0.29, 0.717) is 19.3 Å². The Morgan fingerprint density at radius 2 is 2.06 bits per heavy atom. The minimum atomic E-state index is -0.709. The highest BCUT2D eigenvalue weighted by Gasteiger charge is 2.37. The second-order valence-corrected chi connectivity index (χ2v) is 4.59. The van der Waals surface area contributed by atoms with Gasteiger partial charge < -0.3 is 9.47 Å². The number of nitrogens with one attached hydrogen (secondary N) is 1. The SMILES string of the molecule is CCOCC(C)(NC1CCCC1)C(=O)OC. The smallest absolute Gasteiger partial charge is 0.328 e. The van der Waals surface area contributed by atoms with Crippen LogP contribution in [-0.2, 0) is 14.3 Å². The van der Waals surface area contributed by atoms with Gasteiger partial charge in [0.15, 0.2) is 0 Å². The van der Waals surface area contributed by atoms with E-state index < -0.39 is 5.54 Å². The third-order valence-corrected chi connectivity index (χ3v) is 3.11. The van der Waals surface area contributed by atoms with Gasteiger partial charge in [-0.1, -0.05) is 12.8 Å². The zero-order chi connectivity index (χ0) is 12.0. The first-order valence-electron chi connectivity index (χ1n) is 6.06. The maximum absolute atomic E-state index is 11.8. The first-order chi connectivity index (χ1) is 7.62. The van der Waals surface area contributed by atoms with Gasteiger partial charge >= 0.3 is 5.97 Å². The zero-order valence-electron chi connectivity index (χ0n) is 10.5. The van der Waals surface area contributed by atoms with Crippen LogP contribution in [0.4, 0.5) is 0 Å². The van der Waals surface area contributed by atoms with Gasteiger partial charge in [0.25, 0.3) is 0 Å². The molecule has 4 nitrogen and oxygen atoms in total. The average molecular weight is 229 g/mol. The summed E-state index contributed by atoms with van der Waals surface area (Å²) >= 11 is 0. The molecule has 1 rings (SSSR count). The Kier molecular flexibility index (Phi) is 5.22. The summed E-state index contributed by atoms with van der Waals surface area (Å²) in [6.45, 7) is 4.76. The molecule has 0 bridgehead atoms. The Morgan fingerprint density at radius 3 is 2.56 bits per heavy atom. The molecule has 1 unspecified atom stereocenters. The van der Waals surface area contributed by atoms with Crippen LogP contribution in [0, 0.1) is 0 Å².